The Balaban J connectivity index is 1.57. The van der Waals surface area contributed by atoms with Crippen molar-refractivity contribution in [1.82, 2.24) is 15.2 Å². The number of H-pyrrole nitrogens is 1. The second kappa shape index (κ2) is 10.7. The standard InChI is InChI=1S/C25H29N3O4S/c1-30-20-7-5-17(6-8-20)15-28(25(33)26-14-22-4-3-11-32-22)16-19-12-18-13-21(31-2)9-10-23(18)27-24(19)29/h5-10,12-13,22H,3-4,11,14-16H2,1-2H3,(H,26,33)(H,27,29)/t22-/m1/s1. The van der Waals surface area contributed by atoms with E-state index in [1.54, 1.807) is 14.2 Å². The van der Waals surface area contributed by atoms with Crippen LogP contribution in [0.25, 0.3) is 10.9 Å². The number of fused-ring (bicyclic) bond motifs is 1. The third-order valence-electron chi connectivity index (χ3n) is 5.81. The summed E-state index contributed by atoms with van der Waals surface area (Å²) in [7, 11) is 3.27. The highest BCUT2D eigenvalue weighted by atomic mass is 32.1. The summed E-state index contributed by atoms with van der Waals surface area (Å²) in [5.74, 6) is 1.54. The Morgan fingerprint density at radius 3 is 2.58 bits per heavy atom. The van der Waals surface area contributed by atoms with Gasteiger partial charge in [0.25, 0.3) is 5.56 Å². The Labute approximate surface area is 198 Å². The molecule has 33 heavy (non-hydrogen) atoms. The van der Waals surface area contributed by atoms with Crippen molar-refractivity contribution in [2.45, 2.75) is 32.0 Å². The lowest BCUT2D eigenvalue weighted by molar-refractivity contribution is 0.113. The van der Waals surface area contributed by atoms with Crippen LogP contribution in [-0.4, -0.2) is 48.5 Å². The second-order valence-corrected chi connectivity index (χ2v) is 8.49. The monoisotopic (exact) mass is 467 g/mol. The lowest BCUT2D eigenvalue weighted by Crippen LogP contribution is -2.42. The number of hydrogen-bond acceptors (Lipinski definition) is 5. The number of aromatic amines is 1. The minimum atomic E-state index is -0.130. The molecule has 174 valence electrons. The Morgan fingerprint density at radius 2 is 1.88 bits per heavy atom. The summed E-state index contributed by atoms with van der Waals surface area (Å²) in [5, 5.41) is 4.84. The summed E-state index contributed by atoms with van der Waals surface area (Å²) in [5.41, 5.74) is 2.33. The van der Waals surface area contributed by atoms with E-state index >= 15 is 0 Å². The van der Waals surface area contributed by atoms with E-state index in [4.69, 9.17) is 26.4 Å². The van der Waals surface area contributed by atoms with Gasteiger partial charge < -0.3 is 29.4 Å². The normalized spacial score (nSPS) is 15.4. The predicted molar refractivity (Wildman–Crippen MR) is 133 cm³/mol. The average molecular weight is 468 g/mol. The van der Waals surface area contributed by atoms with Crippen LogP contribution in [0.2, 0.25) is 0 Å². The van der Waals surface area contributed by atoms with Crippen molar-refractivity contribution < 1.29 is 14.2 Å². The van der Waals surface area contributed by atoms with Crippen molar-refractivity contribution in [2.75, 3.05) is 27.4 Å². The molecule has 3 aromatic rings. The molecule has 0 radical (unpaired) electrons. The van der Waals surface area contributed by atoms with E-state index in [0.29, 0.717) is 30.3 Å². The van der Waals surface area contributed by atoms with Crippen LogP contribution in [0, 0.1) is 0 Å². The fraction of sp³-hybridized carbons (Fsp3) is 0.360. The van der Waals surface area contributed by atoms with E-state index in [2.05, 4.69) is 10.3 Å². The van der Waals surface area contributed by atoms with Crippen molar-refractivity contribution in [3.8, 4) is 11.5 Å². The molecule has 1 fully saturated rings. The first-order valence-electron chi connectivity index (χ1n) is 11.0. The highest BCUT2D eigenvalue weighted by Crippen LogP contribution is 2.20. The topological polar surface area (TPSA) is 75.8 Å². The van der Waals surface area contributed by atoms with Gasteiger partial charge in [-0.1, -0.05) is 12.1 Å². The smallest absolute Gasteiger partial charge is 0.253 e. The quantitative estimate of drug-likeness (QED) is 0.490. The minimum absolute atomic E-state index is 0.130. The highest BCUT2D eigenvalue weighted by molar-refractivity contribution is 7.80. The number of hydrogen-bond donors (Lipinski definition) is 2. The number of aromatic nitrogens is 1. The van der Waals surface area contributed by atoms with Gasteiger partial charge in [-0.2, -0.15) is 0 Å². The SMILES string of the molecule is COc1ccc(CN(Cc2cc3cc(OC)ccc3[nH]c2=O)C(=S)NC[C@H]2CCCO2)cc1. The molecule has 8 heteroatoms. The van der Waals surface area contributed by atoms with E-state index in [-0.39, 0.29) is 11.7 Å². The van der Waals surface area contributed by atoms with Gasteiger partial charge in [-0.05, 0) is 67.0 Å². The Bertz CT molecular complexity index is 1160. The molecule has 7 nitrogen and oxygen atoms in total. The molecule has 0 spiro atoms. The molecule has 0 bridgehead atoms. The van der Waals surface area contributed by atoms with Crippen LogP contribution in [0.1, 0.15) is 24.0 Å². The molecule has 4 rings (SSSR count). The van der Waals surface area contributed by atoms with Gasteiger partial charge in [0.1, 0.15) is 11.5 Å². The third-order valence-corrected chi connectivity index (χ3v) is 6.22. The first kappa shape index (κ1) is 23.1. The van der Waals surface area contributed by atoms with Gasteiger partial charge in [0, 0.05) is 36.2 Å². The van der Waals surface area contributed by atoms with Gasteiger partial charge in [-0.3, -0.25) is 4.79 Å². The van der Waals surface area contributed by atoms with E-state index in [9.17, 15) is 4.79 Å². The number of pyridine rings is 1. The Kier molecular flexibility index (Phi) is 7.47. The van der Waals surface area contributed by atoms with E-state index in [0.717, 1.165) is 47.4 Å². The maximum Gasteiger partial charge on any atom is 0.253 e. The van der Waals surface area contributed by atoms with Crippen LogP contribution >= 0.6 is 12.2 Å². The molecular formula is C25H29N3O4S. The molecule has 0 unspecified atom stereocenters. The summed E-state index contributed by atoms with van der Waals surface area (Å²) in [6.07, 6.45) is 2.27. The van der Waals surface area contributed by atoms with Crippen LogP contribution < -0.4 is 20.3 Å². The molecule has 1 aliphatic heterocycles. The fourth-order valence-electron chi connectivity index (χ4n) is 3.95. The minimum Gasteiger partial charge on any atom is -0.497 e. The zero-order chi connectivity index (χ0) is 23.2. The summed E-state index contributed by atoms with van der Waals surface area (Å²) in [4.78, 5) is 17.8. The zero-order valence-corrected chi connectivity index (χ0v) is 19.7. The molecule has 2 aromatic carbocycles. The van der Waals surface area contributed by atoms with Gasteiger partial charge >= 0.3 is 0 Å². The van der Waals surface area contributed by atoms with Crippen LogP contribution in [0.15, 0.2) is 53.3 Å². The fourth-order valence-corrected chi connectivity index (χ4v) is 4.16. The summed E-state index contributed by atoms with van der Waals surface area (Å²) in [6.45, 7) is 2.37. The molecular weight excluding hydrogens is 438 g/mol. The van der Waals surface area contributed by atoms with Gasteiger partial charge in [-0.15, -0.1) is 0 Å². The second-order valence-electron chi connectivity index (χ2n) is 8.10. The maximum absolute atomic E-state index is 12.8. The largest absolute Gasteiger partial charge is 0.497 e. The molecule has 1 aromatic heterocycles. The molecule has 2 N–H and O–H groups in total. The van der Waals surface area contributed by atoms with Crippen LogP contribution in [0.3, 0.4) is 0 Å². The Hall–Kier alpha value is -3.10. The lowest BCUT2D eigenvalue weighted by Gasteiger charge is -2.27. The molecule has 1 saturated heterocycles. The highest BCUT2D eigenvalue weighted by Gasteiger charge is 2.19. The average Bonchev–Trinajstić information content (AvgIpc) is 3.36. The number of benzene rings is 2. The van der Waals surface area contributed by atoms with Crippen molar-refractivity contribution in [2.24, 2.45) is 0 Å². The Morgan fingerprint density at radius 1 is 1.12 bits per heavy atom. The predicted octanol–water partition coefficient (Wildman–Crippen LogP) is 3.60. The number of thiocarbonyl (C=S) groups is 1. The van der Waals surface area contributed by atoms with Gasteiger partial charge in [0.05, 0.1) is 26.9 Å². The number of nitrogens with one attached hydrogen (secondary N) is 2. The van der Waals surface area contributed by atoms with Gasteiger partial charge in [0.2, 0.25) is 0 Å². The molecule has 2 heterocycles. The summed E-state index contributed by atoms with van der Waals surface area (Å²) >= 11 is 5.74. The summed E-state index contributed by atoms with van der Waals surface area (Å²) in [6, 6.07) is 15.3. The van der Waals surface area contributed by atoms with Crippen molar-refractivity contribution in [1.29, 1.82) is 0 Å². The molecule has 0 aliphatic carbocycles. The summed E-state index contributed by atoms with van der Waals surface area (Å²) < 4.78 is 16.3. The molecule has 0 saturated carbocycles. The van der Waals surface area contributed by atoms with E-state index < -0.39 is 0 Å². The first-order valence-corrected chi connectivity index (χ1v) is 11.4. The van der Waals surface area contributed by atoms with Crippen LogP contribution in [0.5, 0.6) is 11.5 Å². The van der Waals surface area contributed by atoms with Crippen LogP contribution in [-0.2, 0) is 17.8 Å². The van der Waals surface area contributed by atoms with Crippen molar-refractivity contribution >= 4 is 28.2 Å². The molecule has 1 atom stereocenters. The molecule has 1 aliphatic rings. The van der Waals surface area contributed by atoms with Crippen molar-refractivity contribution in [3.05, 3.63) is 70.0 Å². The lowest BCUT2D eigenvalue weighted by atomic mass is 10.1. The van der Waals surface area contributed by atoms with E-state index in [1.165, 1.54) is 0 Å². The van der Waals surface area contributed by atoms with Crippen LogP contribution in [0.4, 0.5) is 0 Å². The third kappa shape index (κ3) is 5.83. The van der Waals surface area contributed by atoms with E-state index in [1.807, 2.05) is 53.4 Å². The number of methoxy groups -OCH3 is 2. The first-order chi connectivity index (χ1) is 16.1. The number of rotatable bonds is 8. The van der Waals surface area contributed by atoms with Gasteiger partial charge in [-0.25, -0.2) is 0 Å². The van der Waals surface area contributed by atoms with Crippen molar-refractivity contribution in [3.63, 3.8) is 0 Å². The maximum atomic E-state index is 12.8. The molecule has 0 amide bonds. The zero-order valence-electron chi connectivity index (χ0n) is 18.9. The number of ether oxygens (including phenoxy) is 3. The number of nitrogens with zero attached hydrogens (tertiary/aromatic N) is 1. The van der Waals surface area contributed by atoms with Gasteiger partial charge in [0.15, 0.2) is 5.11 Å².